The predicted octanol–water partition coefficient (Wildman–Crippen LogP) is 2.94. The van der Waals surface area contributed by atoms with Crippen LogP contribution < -0.4 is 20.3 Å². The van der Waals surface area contributed by atoms with Gasteiger partial charge in [-0.15, -0.1) is 0 Å². The molecule has 0 saturated carbocycles. The molecule has 1 saturated heterocycles. The Morgan fingerprint density at radius 2 is 2.12 bits per heavy atom. The minimum atomic E-state index is -0.273. The number of carbonyl (C=O) groups is 2. The number of nitrogens with zero attached hydrogens (tertiary/aromatic N) is 2. The van der Waals surface area contributed by atoms with E-state index in [1.807, 2.05) is 30.3 Å². The van der Waals surface area contributed by atoms with Crippen LogP contribution in [0.15, 0.2) is 36.4 Å². The molecule has 1 amide bonds. The van der Waals surface area contributed by atoms with Gasteiger partial charge in [-0.3, -0.25) is 14.9 Å². The minimum Gasteiger partial charge on any atom is -0.466 e. The van der Waals surface area contributed by atoms with Gasteiger partial charge in [0.25, 0.3) is 5.91 Å². The van der Waals surface area contributed by atoms with Gasteiger partial charge in [0.2, 0.25) is 0 Å². The fraction of sp³-hybridized carbons (Fsp3) is 0.417. The Morgan fingerprint density at radius 3 is 3.00 bits per heavy atom. The molecule has 0 aliphatic carbocycles. The van der Waals surface area contributed by atoms with Crippen molar-refractivity contribution >= 4 is 23.3 Å². The van der Waals surface area contributed by atoms with Crippen LogP contribution in [-0.2, 0) is 16.0 Å². The quantitative estimate of drug-likeness (QED) is 0.674. The summed E-state index contributed by atoms with van der Waals surface area (Å²) in [7, 11) is 0. The van der Waals surface area contributed by atoms with Crippen molar-refractivity contribution < 1.29 is 19.1 Å². The molecule has 8 nitrogen and oxygen atoms in total. The Morgan fingerprint density at radius 1 is 1.22 bits per heavy atom. The zero-order chi connectivity index (χ0) is 22.1. The molecular weight excluding hydrogens is 408 g/mol. The van der Waals surface area contributed by atoms with E-state index in [-0.39, 0.29) is 24.6 Å². The van der Waals surface area contributed by atoms with Crippen molar-refractivity contribution in [2.24, 2.45) is 0 Å². The molecule has 3 aliphatic heterocycles. The molecule has 3 heterocycles. The van der Waals surface area contributed by atoms with E-state index in [0.717, 1.165) is 48.6 Å². The number of nitrogens with one attached hydrogen (secondary N) is 2. The van der Waals surface area contributed by atoms with Gasteiger partial charge in [-0.2, -0.15) is 0 Å². The van der Waals surface area contributed by atoms with E-state index >= 15 is 0 Å². The van der Waals surface area contributed by atoms with Crippen LogP contribution >= 0.6 is 0 Å². The number of rotatable bonds is 6. The van der Waals surface area contributed by atoms with Crippen molar-refractivity contribution in [1.29, 1.82) is 0 Å². The van der Waals surface area contributed by atoms with Crippen molar-refractivity contribution in [3.63, 3.8) is 0 Å². The van der Waals surface area contributed by atoms with E-state index in [1.54, 1.807) is 11.8 Å². The van der Waals surface area contributed by atoms with Gasteiger partial charge in [-0.1, -0.05) is 6.07 Å². The van der Waals surface area contributed by atoms with Gasteiger partial charge in [-0.25, -0.2) is 0 Å². The summed E-state index contributed by atoms with van der Waals surface area (Å²) >= 11 is 0. The van der Waals surface area contributed by atoms with Crippen molar-refractivity contribution in [3.8, 4) is 11.5 Å². The van der Waals surface area contributed by atoms with E-state index in [2.05, 4.69) is 21.6 Å². The number of ether oxygens (including phenoxy) is 2. The lowest BCUT2D eigenvalue weighted by atomic mass is 9.98. The molecule has 2 aromatic rings. The van der Waals surface area contributed by atoms with Gasteiger partial charge in [-0.05, 0) is 55.7 Å². The molecule has 0 bridgehead atoms. The maximum Gasteiger partial charge on any atom is 0.307 e. The van der Waals surface area contributed by atoms with Crippen LogP contribution in [0.4, 0.5) is 11.4 Å². The smallest absolute Gasteiger partial charge is 0.307 e. The summed E-state index contributed by atoms with van der Waals surface area (Å²) in [5.41, 5.74) is 3.78. The van der Waals surface area contributed by atoms with E-state index in [4.69, 9.17) is 9.47 Å². The Balaban J connectivity index is 1.30. The summed E-state index contributed by atoms with van der Waals surface area (Å²) in [6.45, 7) is 5.10. The molecule has 0 aromatic heterocycles. The number of amides is 1. The summed E-state index contributed by atoms with van der Waals surface area (Å²) in [6.07, 6.45) is 2.16. The lowest BCUT2D eigenvalue weighted by molar-refractivity contribution is -0.143. The van der Waals surface area contributed by atoms with Crippen LogP contribution in [-0.4, -0.2) is 55.9 Å². The molecule has 2 N–H and O–H groups in total. The highest BCUT2D eigenvalue weighted by molar-refractivity contribution is 5.97. The normalized spacial score (nSPS) is 19.0. The highest BCUT2D eigenvalue weighted by Crippen LogP contribution is 2.43. The van der Waals surface area contributed by atoms with Gasteiger partial charge >= 0.3 is 5.97 Å². The fourth-order valence-corrected chi connectivity index (χ4v) is 4.62. The van der Waals surface area contributed by atoms with E-state index in [9.17, 15) is 9.59 Å². The van der Waals surface area contributed by atoms with Crippen molar-refractivity contribution in [2.45, 2.75) is 32.5 Å². The summed E-state index contributed by atoms with van der Waals surface area (Å²) < 4.78 is 11.2. The average Bonchev–Trinajstić information content (AvgIpc) is 3.19. The number of benzene rings is 2. The third-order valence-corrected chi connectivity index (χ3v) is 6.18. The zero-order valence-corrected chi connectivity index (χ0v) is 18.2. The first-order chi connectivity index (χ1) is 15.6. The third-order valence-electron chi connectivity index (χ3n) is 6.18. The van der Waals surface area contributed by atoms with Gasteiger partial charge in [0.15, 0.2) is 12.0 Å². The lowest BCUT2D eigenvalue weighted by Crippen LogP contribution is -2.52. The van der Waals surface area contributed by atoms with Gasteiger partial charge in [0.05, 0.1) is 18.7 Å². The predicted molar refractivity (Wildman–Crippen MR) is 121 cm³/mol. The topological polar surface area (TPSA) is 83.1 Å². The Labute approximate surface area is 187 Å². The molecule has 32 heavy (non-hydrogen) atoms. The maximum absolute atomic E-state index is 12.9. The number of anilines is 2. The molecule has 2 aromatic carbocycles. The fourth-order valence-electron chi connectivity index (χ4n) is 4.62. The van der Waals surface area contributed by atoms with Crippen molar-refractivity contribution in [3.05, 3.63) is 47.5 Å². The summed E-state index contributed by atoms with van der Waals surface area (Å²) in [6, 6.07) is 11.7. The minimum absolute atomic E-state index is 0.0488. The van der Waals surface area contributed by atoms with Crippen LogP contribution in [0.1, 0.15) is 35.7 Å². The average molecular weight is 437 g/mol. The molecular formula is C24H28N4O4. The standard InChI is InChI=1S/C24H28N4O4/c1-2-31-21(29)10-14-27-13-9-16-15-17(7-8-18(16)23(27)30)32-20-6-3-5-19-22(20)26-24-25-11-4-12-28(19)24/h3,5-8,15,24-26H,2,4,9-14H2,1H3. The summed E-state index contributed by atoms with van der Waals surface area (Å²) in [4.78, 5) is 28.5. The molecule has 1 atom stereocenters. The SMILES string of the molecule is CCOC(=O)CCN1CCc2cc(Oc3cccc4c3NC3NCCCN43)ccc2C1=O. The largest absolute Gasteiger partial charge is 0.466 e. The van der Waals surface area contributed by atoms with Crippen LogP contribution in [0.3, 0.4) is 0 Å². The highest BCUT2D eigenvalue weighted by Gasteiger charge is 2.32. The monoisotopic (exact) mass is 436 g/mol. The Bertz CT molecular complexity index is 1040. The van der Waals surface area contributed by atoms with Gasteiger partial charge in [0.1, 0.15) is 11.4 Å². The number of hydrogen-bond acceptors (Lipinski definition) is 7. The van der Waals surface area contributed by atoms with Crippen molar-refractivity contribution in [1.82, 2.24) is 10.2 Å². The lowest BCUT2D eigenvalue weighted by Gasteiger charge is -2.31. The molecule has 5 rings (SSSR count). The first kappa shape index (κ1) is 20.6. The molecule has 0 spiro atoms. The van der Waals surface area contributed by atoms with E-state index in [1.165, 1.54) is 0 Å². The summed E-state index contributed by atoms with van der Waals surface area (Å²) in [5, 5.41) is 7.01. The molecule has 1 fully saturated rings. The molecule has 168 valence electrons. The Kier molecular flexibility index (Phi) is 5.61. The van der Waals surface area contributed by atoms with Crippen LogP contribution in [0, 0.1) is 0 Å². The first-order valence-electron chi connectivity index (χ1n) is 11.3. The highest BCUT2D eigenvalue weighted by atomic mass is 16.5. The van der Waals surface area contributed by atoms with Crippen LogP contribution in [0.25, 0.3) is 0 Å². The molecule has 3 aliphatic rings. The number of hydrogen-bond donors (Lipinski definition) is 2. The second kappa shape index (κ2) is 8.70. The van der Waals surface area contributed by atoms with Crippen LogP contribution in [0.5, 0.6) is 11.5 Å². The second-order valence-corrected chi connectivity index (χ2v) is 8.22. The number of fused-ring (bicyclic) bond motifs is 4. The first-order valence-corrected chi connectivity index (χ1v) is 11.3. The molecule has 8 heteroatoms. The van der Waals surface area contributed by atoms with Crippen molar-refractivity contribution in [2.75, 3.05) is 43.0 Å². The van der Waals surface area contributed by atoms with Crippen LogP contribution in [0.2, 0.25) is 0 Å². The molecule has 0 radical (unpaired) electrons. The number of para-hydroxylation sites is 1. The number of carbonyl (C=O) groups excluding carboxylic acids is 2. The third kappa shape index (κ3) is 3.86. The number of esters is 1. The zero-order valence-electron chi connectivity index (χ0n) is 18.2. The van der Waals surface area contributed by atoms with Gasteiger partial charge < -0.3 is 24.6 Å². The van der Waals surface area contributed by atoms with E-state index in [0.29, 0.717) is 31.0 Å². The van der Waals surface area contributed by atoms with E-state index < -0.39 is 0 Å². The second-order valence-electron chi connectivity index (χ2n) is 8.22. The molecule has 1 unspecified atom stereocenters. The van der Waals surface area contributed by atoms with Gasteiger partial charge in [0, 0.05) is 31.7 Å². The maximum atomic E-state index is 12.9. The summed E-state index contributed by atoms with van der Waals surface area (Å²) in [5.74, 6) is 1.17. The Hall–Kier alpha value is -3.26.